The number of ether oxygens (including phenoxy) is 2. The number of hydrogen-bond acceptors (Lipinski definition) is 5. The van der Waals surface area contributed by atoms with E-state index >= 15 is 0 Å². The van der Waals surface area contributed by atoms with Gasteiger partial charge in [-0.1, -0.05) is 17.7 Å². The molecule has 0 bridgehead atoms. The summed E-state index contributed by atoms with van der Waals surface area (Å²) in [5.74, 6) is 1.20. The third-order valence-electron chi connectivity index (χ3n) is 4.69. The van der Waals surface area contributed by atoms with Gasteiger partial charge in [0.2, 0.25) is 5.91 Å². The summed E-state index contributed by atoms with van der Waals surface area (Å²) in [6, 6.07) is 12.9. The number of halogens is 1. The van der Waals surface area contributed by atoms with Gasteiger partial charge in [0.15, 0.2) is 0 Å². The van der Waals surface area contributed by atoms with Crippen molar-refractivity contribution < 1.29 is 19.4 Å². The van der Waals surface area contributed by atoms with Crippen LogP contribution < -0.4 is 14.8 Å². The lowest BCUT2D eigenvalue weighted by Gasteiger charge is -2.21. The van der Waals surface area contributed by atoms with Crippen LogP contribution in [-0.4, -0.2) is 54.4 Å². The molecule has 2 aromatic rings. The predicted octanol–water partition coefficient (Wildman–Crippen LogP) is 3.50. The summed E-state index contributed by atoms with van der Waals surface area (Å²) in [5.41, 5.74) is 1.62. The van der Waals surface area contributed by atoms with Crippen LogP contribution in [0.2, 0.25) is 5.02 Å². The Bertz CT molecular complexity index is 828. The summed E-state index contributed by atoms with van der Waals surface area (Å²) in [6.45, 7) is 5.66. The lowest BCUT2D eigenvalue weighted by Crippen LogP contribution is -2.35. The van der Waals surface area contributed by atoms with Crippen LogP contribution >= 0.6 is 11.6 Å². The van der Waals surface area contributed by atoms with Crippen LogP contribution in [0.1, 0.15) is 18.9 Å². The molecule has 2 aromatic carbocycles. The first-order chi connectivity index (χ1) is 13.9. The van der Waals surface area contributed by atoms with Crippen molar-refractivity contribution in [2.24, 2.45) is 0 Å². The van der Waals surface area contributed by atoms with Crippen LogP contribution in [0.5, 0.6) is 11.5 Å². The highest BCUT2D eigenvalue weighted by Gasteiger charge is 2.25. The summed E-state index contributed by atoms with van der Waals surface area (Å²) in [6.07, 6.45) is 0.350. The first-order valence-corrected chi connectivity index (χ1v) is 10.1. The molecule has 0 radical (unpaired) electrons. The highest BCUT2D eigenvalue weighted by Crippen LogP contribution is 2.26. The second kappa shape index (κ2) is 9.96. The van der Waals surface area contributed by atoms with Crippen molar-refractivity contribution in [3.8, 4) is 11.5 Å². The number of likely N-dealkylation sites (tertiary alicyclic amines) is 1. The van der Waals surface area contributed by atoms with Gasteiger partial charge in [-0.15, -0.1) is 0 Å². The maximum absolute atomic E-state index is 11.4. The quantitative estimate of drug-likeness (QED) is 0.686. The van der Waals surface area contributed by atoms with Crippen molar-refractivity contribution in [3.05, 3.63) is 53.1 Å². The molecule has 0 aromatic heterocycles. The van der Waals surface area contributed by atoms with Gasteiger partial charge in [0.25, 0.3) is 0 Å². The largest absolute Gasteiger partial charge is 0.489 e. The maximum Gasteiger partial charge on any atom is 0.221 e. The Labute approximate surface area is 176 Å². The smallest absolute Gasteiger partial charge is 0.221 e. The molecule has 0 aliphatic carbocycles. The van der Waals surface area contributed by atoms with Crippen LogP contribution in [0.25, 0.3) is 0 Å². The monoisotopic (exact) mass is 418 g/mol. The molecule has 3 rings (SSSR count). The number of nitrogens with one attached hydrogen (secondary N) is 1. The van der Waals surface area contributed by atoms with Crippen LogP contribution in [0.15, 0.2) is 42.5 Å². The normalized spacial score (nSPS) is 17.7. The minimum atomic E-state index is -0.644. The van der Waals surface area contributed by atoms with Crippen molar-refractivity contribution in [1.29, 1.82) is 0 Å². The molecule has 6 nitrogen and oxygen atoms in total. The van der Waals surface area contributed by atoms with E-state index in [9.17, 15) is 9.90 Å². The number of benzene rings is 2. The summed E-state index contributed by atoms with van der Waals surface area (Å²) >= 11 is 5.90. The topological polar surface area (TPSA) is 71.0 Å². The zero-order valence-electron chi connectivity index (χ0n) is 16.7. The Balaban J connectivity index is 1.46. The average molecular weight is 419 g/mol. The summed E-state index contributed by atoms with van der Waals surface area (Å²) in [5, 5.41) is 13.8. The number of amides is 1. The number of carbonyl (C=O) groups excluding carboxylic acids is 1. The first-order valence-electron chi connectivity index (χ1n) is 9.73. The van der Waals surface area contributed by atoms with E-state index in [1.807, 2.05) is 43.3 Å². The van der Waals surface area contributed by atoms with E-state index < -0.39 is 6.10 Å². The van der Waals surface area contributed by atoms with Crippen molar-refractivity contribution in [2.45, 2.75) is 32.5 Å². The molecule has 2 N–H and O–H groups in total. The van der Waals surface area contributed by atoms with Crippen LogP contribution in [0, 0.1) is 6.92 Å². The van der Waals surface area contributed by atoms with Gasteiger partial charge in [-0.2, -0.15) is 0 Å². The number of carbonyl (C=O) groups is 1. The molecule has 1 amide bonds. The van der Waals surface area contributed by atoms with Crippen LogP contribution in [0.4, 0.5) is 5.69 Å². The molecule has 1 heterocycles. The zero-order chi connectivity index (χ0) is 20.8. The molecule has 2 unspecified atom stereocenters. The molecule has 7 heteroatoms. The molecule has 1 saturated heterocycles. The van der Waals surface area contributed by atoms with E-state index in [0.29, 0.717) is 23.0 Å². The summed E-state index contributed by atoms with van der Waals surface area (Å²) in [7, 11) is 0. The number of anilines is 1. The Kier molecular flexibility index (Phi) is 7.36. The molecule has 2 atom stereocenters. The van der Waals surface area contributed by atoms with Crippen molar-refractivity contribution in [1.82, 2.24) is 4.90 Å². The number of aliphatic hydroxyl groups is 1. The Morgan fingerprint density at radius 1 is 1.31 bits per heavy atom. The highest BCUT2D eigenvalue weighted by atomic mass is 35.5. The number of β-amino-alcohol motifs (C(OH)–C–C–N with tert-alkyl or cyclic N) is 1. The fourth-order valence-electron chi connectivity index (χ4n) is 3.34. The number of rotatable bonds is 8. The van der Waals surface area contributed by atoms with Crippen LogP contribution in [-0.2, 0) is 4.79 Å². The molecule has 1 aliphatic rings. The fourth-order valence-corrected chi connectivity index (χ4v) is 3.47. The second-order valence-electron chi connectivity index (χ2n) is 7.39. The Morgan fingerprint density at radius 3 is 2.79 bits per heavy atom. The molecule has 0 spiro atoms. The van der Waals surface area contributed by atoms with Gasteiger partial charge >= 0.3 is 0 Å². The van der Waals surface area contributed by atoms with Gasteiger partial charge in [0, 0.05) is 31.6 Å². The molecule has 156 valence electrons. The van der Waals surface area contributed by atoms with Gasteiger partial charge in [0.1, 0.15) is 30.3 Å². The fraction of sp³-hybridized carbons (Fsp3) is 0.409. The number of hydrogen-bond donors (Lipinski definition) is 2. The highest BCUT2D eigenvalue weighted by molar-refractivity contribution is 6.30. The van der Waals surface area contributed by atoms with Gasteiger partial charge in [0.05, 0.1) is 5.69 Å². The number of aryl methyl sites for hydroxylation is 1. The second-order valence-corrected chi connectivity index (χ2v) is 7.82. The SMILES string of the molecule is CC(=O)Nc1ccc(C)cc1OCC(O)CN1CCC(Oc2ccc(Cl)cc2)C1. The Morgan fingerprint density at radius 2 is 2.07 bits per heavy atom. The van der Waals surface area contributed by atoms with E-state index in [4.69, 9.17) is 21.1 Å². The zero-order valence-corrected chi connectivity index (χ0v) is 17.5. The molecular formula is C22H27ClN2O4. The van der Waals surface area contributed by atoms with Crippen LogP contribution in [0.3, 0.4) is 0 Å². The summed E-state index contributed by atoms with van der Waals surface area (Å²) < 4.78 is 11.8. The van der Waals surface area contributed by atoms with Gasteiger partial charge in [-0.05, 0) is 55.3 Å². The molecule has 1 aliphatic heterocycles. The van der Waals surface area contributed by atoms with Gasteiger partial charge < -0.3 is 19.9 Å². The minimum Gasteiger partial charge on any atom is -0.489 e. The number of aliphatic hydroxyl groups excluding tert-OH is 1. The number of nitrogens with zero attached hydrogens (tertiary/aromatic N) is 1. The van der Waals surface area contributed by atoms with Crippen molar-refractivity contribution in [2.75, 3.05) is 31.6 Å². The van der Waals surface area contributed by atoms with Gasteiger partial charge in [-0.3, -0.25) is 9.69 Å². The lowest BCUT2D eigenvalue weighted by atomic mass is 10.2. The molecular weight excluding hydrogens is 392 g/mol. The van der Waals surface area contributed by atoms with Crippen molar-refractivity contribution >= 4 is 23.2 Å². The summed E-state index contributed by atoms with van der Waals surface area (Å²) in [4.78, 5) is 13.5. The average Bonchev–Trinajstić information content (AvgIpc) is 3.10. The maximum atomic E-state index is 11.4. The Hall–Kier alpha value is -2.28. The van der Waals surface area contributed by atoms with E-state index in [-0.39, 0.29) is 18.6 Å². The van der Waals surface area contributed by atoms with Gasteiger partial charge in [-0.25, -0.2) is 0 Å². The van der Waals surface area contributed by atoms with Crippen molar-refractivity contribution in [3.63, 3.8) is 0 Å². The third kappa shape index (κ3) is 6.63. The minimum absolute atomic E-state index is 0.0902. The lowest BCUT2D eigenvalue weighted by molar-refractivity contribution is -0.114. The van der Waals surface area contributed by atoms with E-state index in [1.54, 1.807) is 6.07 Å². The molecule has 0 saturated carbocycles. The van der Waals surface area contributed by atoms with E-state index in [2.05, 4.69) is 10.2 Å². The standard InChI is InChI=1S/C22H27ClN2O4/c1-15-3-8-21(24-16(2)26)22(11-15)28-14-18(27)12-25-10-9-20(13-25)29-19-6-4-17(23)5-7-19/h3-8,11,18,20,27H,9-10,12-14H2,1-2H3,(H,24,26). The predicted molar refractivity (Wildman–Crippen MR) is 114 cm³/mol. The van der Waals surface area contributed by atoms with E-state index in [1.165, 1.54) is 6.92 Å². The third-order valence-corrected chi connectivity index (χ3v) is 4.95. The molecule has 29 heavy (non-hydrogen) atoms. The molecule has 1 fully saturated rings. The first kappa shape index (κ1) is 21.4. The van der Waals surface area contributed by atoms with E-state index in [0.717, 1.165) is 30.8 Å².